The van der Waals surface area contributed by atoms with Crippen molar-refractivity contribution in [2.45, 2.75) is 19.5 Å². The van der Waals surface area contributed by atoms with Crippen LogP contribution in [0.1, 0.15) is 6.92 Å². The van der Waals surface area contributed by atoms with Crippen LogP contribution in [0.25, 0.3) is 0 Å². The van der Waals surface area contributed by atoms with Gasteiger partial charge in [0.1, 0.15) is 5.82 Å². The van der Waals surface area contributed by atoms with Crippen LogP contribution in [0.4, 0.5) is 17.3 Å². The summed E-state index contributed by atoms with van der Waals surface area (Å²) in [5, 5.41) is 17.9. The van der Waals surface area contributed by atoms with Crippen LogP contribution in [-0.4, -0.2) is 25.7 Å². The molecule has 2 rings (SSSR count). The number of hydrogen-bond acceptors (Lipinski definition) is 6. The Hall–Kier alpha value is -2.64. The third-order valence-corrected chi connectivity index (χ3v) is 2.50. The smallest absolute Gasteiger partial charge is 0.311 e. The van der Waals surface area contributed by atoms with Crippen molar-refractivity contribution in [3.8, 4) is 0 Å². The molecule has 1 atom stereocenters. The number of hydrogen-bond donors (Lipinski definition) is 2. The molecule has 0 aliphatic carbocycles. The molecule has 0 saturated heterocycles. The highest BCUT2D eigenvalue weighted by Gasteiger charge is 2.17. The van der Waals surface area contributed by atoms with Crippen LogP contribution >= 0.6 is 0 Å². The minimum atomic E-state index is -0.491. The average molecular weight is 262 g/mol. The van der Waals surface area contributed by atoms with Crippen molar-refractivity contribution in [3.63, 3.8) is 0 Å². The molecule has 8 nitrogen and oxygen atoms in total. The maximum absolute atomic E-state index is 10.9. The van der Waals surface area contributed by atoms with E-state index in [0.29, 0.717) is 6.54 Å². The minimum absolute atomic E-state index is 0.0760. The van der Waals surface area contributed by atoms with Gasteiger partial charge in [-0.3, -0.25) is 14.8 Å². The van der Waals surface area contributed by atoms with E-state index in [1.165, 1.54) is 12.1 Å². The van der Waals surface area contributed by atoms with E-state index in [1.807, 2.05) is 19.2 Å². The van der Waals surface area contributed by atoms with E-state index in [0.717, 1.165) is 0 Å². The van der Waals surface area contributed by atoms with Crippen molar-refractivity contribution in [2.24, 2.45) is 0 Å². The summed E-state index contributed by atoms with van der Waals surface area (Å²) in [5.41, 5.74) is 5.45. The minimum Gasteiger partial charge on any atom is -0.384 e. The first-order valence-corrected chi connectivity index (χ1v) is 5.71. The molecule has 0 bridgehead atoms. The van der Waals surface area contributed by atoms with Crippen molar-refractivity contribution in [2.75, 3.05) is 11.1 Å². The zero-order valence-corrected chi connectivity index (χ0v) is 10.4. The first kappa shape index (κ1) is 12.8. The Balaban J connectivity index is 2.13. The molecule has 19 heavy (non-hydrogen) atoms. The highest BCUT2D eigenvalue weighted by molar-refractivity contribution is 5.59. The fourth-order valence-corrected chi connectivity index (χ4v) is 1.69. The number of anilines is 2. The van der Waals surface area contributed by atoms with E-state index in [-0.39, 0.29) is 23.4 Å². The zero-order chi connectivity index (χ0) is 13.8. The number of nitro groups is 1. The third kappa shape index (κ3) is 3.18. The number of nitrogens with zero attached hydrogens (tertiary/aromatic N) is 4. The summed E-state index contributed by atoms with van der Waals surface area (Å²) < 4.78 is 1.73. The van der Waals surface area contributed by atoms with E-state index in [1.54, 1.807) is 10.9 Å². The molecular formula is C11H14N6O2. The zero-order valence-electron chi connectivity index (χ0n) is 10.4. The standard InChI is InChI=1S/C11H14N6O2/c1-8(7-16-6-2-5-13-16)14-11-9(17(18)19)3-4-10(12)15-11/h2-6,8H,7H2,1H3,(H3,12,14,15). The molecule has 0 spiro atoms. The molecule has 1 unspecified atom stereocenters. The van der Waals surface area contributed by atoms with E-state index in [9.17, 15) is 10.1 Å². The molecule has 0 saturated carbocycles. The second-order valence-electron chi connectivity index (χ2n) is 4.13. The first-order chi connectivity index (χ1) is 9.06. The fourth-order valence-electron chi connectivity index (χ4n) is 1.69. The van der Waals surface area contributed by atoms with Gasteiger partial charge in [-0.25, -0.2) is 4.98 Å². The number of aromatic nitrogens is 3. The molecule has 0 aromatic carbocycles. The summed E-state index contributed by atoms with van der Waals surface area (Å²) in [6.45, 7) is 2.46. The number of nitrogens with one attached hydrogen (secondary N) is 1. The molecule has 2 aromatic heterocycles. The molecule has 3 N–H and O–H groups in total. The Morgan fingerprint density at radius 3 is 3.00 bits per heavy atom. The molecule has 0 amide bonds. The van der Waals surface area contributed by atoms with Gasteiger partial charge in [-0.2, -0.15) is 5.10 Å². The van der Waals surface area contributed by atoms with Crippen LogP contribution in [0.3, 0.4) is 0 Å². The van der Waals surface area contributed by atoms with Crippen molar-refractivity contribution in [1.29, 1.82) is 0 Å². The topological polar surface area (TPSA) is 112 Å². The predicted molar refractivity (Wildman–Crippen MR) is 70.6 cm³/mol. The average Bonchev–Trinajstić information content (AvgIpc) is 2.81. The van der Waals surface area contributed by atoms with Gasteiger partial charge < -0.3 is 11.1 Å². The lowest BCUT2D eigenvalue weighted by molar-refractivity contribution is -0.384. The van der Waals surface area contributed by atoms with E-state index in [4.69, 9.17) is 5.73 Å². The van der Waals surface area contributed by atoms with Crippen LogP contribution in [0, 0.1) is 10.1 Å². The normalized spacial score (nSPS) is 12.1. The van der Waals surface area contributed by atoms with E-state index < -0.39 is 4.92 Å². The molecule has 8 heteroatoms. The Bertz CT molecular complexity index is 569. The van der Waals surface area contributed by atoms with Gasteiger partial charge >= 0.3 is 5.69 Å². The summed E-state index contributed by atoms with van der Waals surface area (Å²) in [4.78, 5) is 14.4. The summed E-state index contributed by atoms with van der Waals surface area (Å²) in [6, 6.07) is 4.48. The van der Waals surface area contributed by atoms with Gasteiger partial charge in [-0.05, 0) is 19.1 Å². The van der Waals surface area contributed by atoms with Crippen LogP contribution in [0.5, 0.6) is 0 Å². The molecule has 0 radical (unpaired) electrons. The van der Waals surface area contributed by atoms with Gasteiger partial charge in [0.25, 0.3) is 0 Å². The second kappa shape index (κ2) is 5.34. The monoisotopic (exact) mass is 262 g/mol. The Kier molecular flexibility index (Phi) is 3.60. The Labute approximate surface area is 109 Å². The van der Waals surface area contributed by atoms with Gasteiger partial charge in [-0.15, -0.1) is 0 Å². The van der Waals surface area contributed by atoms with Gasteiger partial charge in [0.2, 0.25) is 5.82 Å². The number of pyridine rings is 1. The third-order valence-electron chi connectivity index (χ3n) is 2.50. The molecular weight excluding hydrogens is 248 g/mol. The summed E-state index contributed by atoms with van der Waals surface area (Å²) in [7, 11) is 0. The van der Waals surface area contributed by atoms with Crippen LogP contribution in [0.2, 0.25) is 0 Å². The lowest BCUT2D eigenvalue weighted by Gasteiger charge is -2.14. The molecule has 2 aromatic rings. The van der Waals surface area contributed by atoms with Crippen molar-refractivity contribution in [1.82, 2.24) is 14.8 Å². The molecule has 0 aliphatic rings. The van der Waals surface area contributed by atoms with Crippen LogP contribution in [0.15, 0.2) is 30.6 Å². The number of nitrogens with two attached hydrogens (primary N) is 1. The van der Waals surface area contributed by atoms with Crippen LogP contribution < -0.4 is 11.1 Å². The van der Waals surface area contributed by atoms with Crippen LogP contribution in [-0.2, 0) is 6.54 Å². The summed E-state index contributed by atoms with van der Waals surface area (Å²) in [5.74, 6) is 0.407. The number of rotatable bonds is 5. The highest BCUT2D eigenvalue weighted by Crippen LogP contribution is 2.23. The highest BCUT2D eigenvalue weighted by atomic mass is 16.6. The van der Waals surface area contributed by atoms with E-state index in [2.05, 4.69) is 15.4 Å². The first-order valence-electron chi connectivity index (χ1n) is 5.71. The SMILES string of the molecule is CC(Cn1cccn1)Nc1nc(N)ccc1[N+](=O)[O-]. The Morgan fingerprint density at radius 2 is 2.37 bits per heavy atom. The lowest BCUT2D eigenvalue weighted by atomic mass is 10.3. The lowest BCUT2D eigenvalue weighted by Crippen LogP contribution is -2.23. The largest absolute Gasteiger partial charge is 0.384 e. The van der Waals surface area contributed by atoms with Gasteiger partial charge in [0.15, 0.2) is 0 Å². The van der Waals surface area contributed by atoms with Gasteiger partial charge in [0, 0.05) is 24.5 Å². The summed E-state index contributed by atoms with van der Waals surface area (Å²) >= 11 is 0. The fraction of sp³-hybridized carbons (Fsp3) is 0.273. The van der Waals surface area contributed by atoms with Gasteiger partial charge in [-0.1, -0.05) is 0 Å². The Morgan fingerprint density at radius 1 is 1.58 bits per heavy atom. The molecule has 0 fully saturated rings. The molecule has 2 heterocycles. The number of nitrogen functional groups attached to an aromatic ring is 1. The quantitative estimate of drug-likeness (QED) is 0.619. The molecule has 0 aliphatic heterocycles. The van der Waals surface area contributed by atoms with Crippen molar-refractivity contribution in [3.05, 3.63) is 40.7 Å². The second-order valence-corrected chi connectivity index (χ2v) is 4.13. The van der Waals surface area contributed by atoms with Crippen molar-refractivity contribution >= 4 is 17.3 Å². The summed E-state index contributed by atoms with van der Waals surface area (Å²) in [6.07, 6.45) is 3.49. The van der Waals surface area contributed by atoms with E-state index >= 15 is 0 Å². The van der Waals surface area contributed by atoms with Crippen molar-refractivity contribution < 1.29 is 4.92 Å². The maximum atomic E-state index is 10.9. The predicted octanol–water partition coefficient (Wildman–Crippen LogP) is 1.27. The maximum Gasteiger partial charge on any atom is 0.311 e. The van der Waals surface area contributed by atoms with Gasteiger partial charge in [0.05, 0.1) is 11.5 Å². The molecule has 100 valence electrons.